The van der Waals surface area contributed by atoms with Gasteiger partial charge in [0, 0.05) is 24.8 Å². The number of hydrogen-bond acceptors (Lipinski definition) is 3. The van der Waals surface area contributed by atoms with Crippen LogP contribution in [0.3, 0.4) is 0 Å². The Morgan fingerprint density at radius 1 is 1.21 bits per heavy atom. The number of rotatable bonds is 2. The summed E-state index contributed by atoms with van der Waals surface area (Å²) in [5.41, 5.74) is 8.10. The molecule has 0 spiro atoms. The van der Waals surface area contributed by atoms with E-state index in [1.54, 1.807) is 0 Å². The van der Waals surface area contributed by atoms with Crippen LogP contribution in [0.25, 0.3) is 0 Å². The molecule has 2 aliphatic rings. The normalized spacial score (nSPS) is 27.2. The Kier molecular flexibility index (Phi) is 3.74. The van der Waals surface area contributed by atoms with Gasteiger partial charge in [0.1, 0.15) is 5.82 Å². The third-order valence-corrected chi connectivity index (χ3v) is 4.77. The molecule has 0 unspecified atom stereocenters. The number of aromatic nitrogens is 1. The van der Waals surface area contributed by atoms with E-state index in [0.29, 0.717) is 6.54 Å². The number of fused-ring (bicyclic) bond motifs is 1. The molecule has 1 aromatic heterocycles. The summed E-state index contributed by atoms with van der Waals surface area (Å²) < 4.78 is 0. The van der Waals surface area contributed by atoms with Gasteiger partial charge in [-0.3, -0.25) is 0 Å². The van der Waals surface area contributed by atoms with Gasteiger partial charge < -0.3 is 10.6 Å². The lowest BCUT2D eigenvalue weighted by Crippen LogP contribution is -2.47. The second-order valence-corrected chi connectivity index (χ2v) is 6.13. The molecule has 3 nitrogen and oxygen atoms in total. The molecule has 2 heterocycles. The van der Waals surface area contributed by atoms with Crippen LogP contribution < -0.4 is 10.6 Å². The fourth-order valence-corrected chi connectivity index (χ4v) is 3.90. The molecule has 3 heteroatoms. The molecule has 104 valence electrons. The van der Waals surface area contributed by atoms with E-state index in [1.165, 1.54) is 50.6 Å². The van der Waals surface area contributed by atoms with E-state index in [1.807, 2.05) is 0 Å². The maximum atomic E-state index is 5.80. The summed E-state index contributed by atoms with van der Waals surface area (Å²) in [6, 6.07) is 5.03. The fraction of sp³-hybridized carbons (Fsp3) is 0.688. The van der Waals surface area contributed by atoms with Crippen molar-refractivity contribution < 1.29 is 0 Å². The highest BCUT2D eigenvalue weighted by atomic mass is 15.2. The van der Waals surface area contributed by atoms with Crippen LogP contribution in [0, 0.1) is 12.8 Å². The van der Waals surface area contributed by atoms with E-state index < -0.39 is 0 Å². The number of anilines is 1. The highest BCUT2D eigenvalue weighted by molar-refractivity contribution is 5.44. The van der Waals surface area contributed by atoms with Crippen molar-refractivity contribution >= 4 is 5.82 Å². The molecule has 1 saturated carbocycles. The predicted octanol–water partition coefficient (Wildman–Crippen LogP) is 3.01. The van der Waals surface area contributed by atoms with Gasteiger partial charge >= 0.3 is 0 Å². The maximum absolute atomic E-state index is 5.80. The Bertz CT molecular complexity index is 442. The van der Waals surface area contributed by atoms with E-state index in [4.69, 9.17) is 10.7 Å². The van der Waals surface area contributed by atoms with Gasteiger partial charge in [0.15, 0.2) is 0 Å². The summed E-state index contributed by atoms with van der Waals surface area (Å²) in [4.78, 5) is 7.34. The van der Waals surface area contributed by atoms with Crippen LogP contribution in [-0.4, -0.2) is 17.6 Å². The first-order valence-electron chi connectivity index (χ1n) is 7.72. The molecular formula is C16H25N3. The summed E-state index contributed by atoms with van der Waals surface area (Å²) in [5.74, 6) is 2.06. The van der Waals surface area contributed by atoms with Crippen molar-refractivity contribution in [1.29, 1.82) is 0 Å². The summed E-state index contributed by atoms with van der Waals surface area (Å²) >= 11 is 0. The van der Waals surface area contributed by atoms with E-state index in [2.05, 4.69) is 24.0 Å². The van der Waals surface area contributed by atoms with Crippen LogP contribution in [0.4, 0.5) is 5.82 Å². The van der Waals surface area contributed by atoms with Gasteiger partial charge in [0.2, 0.25) is 0 Å². The number of pyridine rings is 1. The number of nitrogens with two attached hydrogens (primary N) is 1. The van der Waals surface area contributed by atoms with Crippen molar-refractivity contribution in [2.75, 3.05) is 11.4 Å². The largest absolute Gasteiger partial charge is 0.353 e. The van der Waals surface area contributed by atoms with Gasteiger partial charge in [-0.05, 0) is 56.2 Å². The maximum Gasteiger partial charge on any atom is 0.129 e. The van der Waals surface area contributed by atoms with Crippen molar-refractivity contribution in [3.05, 3.63) is 23.4 Å². The van der Waals surface area contributed by atoms with Crippen molar-refractivity contribution in [3.8, 4) is 0 Å². The topological polar surface area (TPSA) is 42.1 Å². The highest BCUT2D eigenvalue weighted by Gasteiger charge is 2.33. The Labute approximate surface area is 116 Å². The molecule has 0 bridgehead atoms. The molecule has 1 aromatic rings. The zero-order chi connectivity index (χ0) is 13.2. The Morgan fingerprint density at radius 3 is 2.84 bits per heavy atom. The number of nitrogens with zero attached hydrogens (tertiary/aromatic N) is 2. The first-order chi connectivity index (χ1) is 9.28. The molecule has 2 N–H and O–H groups in total. The number of piperidine rings is 1. The minimum absolute atomic E-state index is 0.609. The van der Waals surface area contributed by atoms with Gasteiger partial charge in [-0.1, -0.05) is 12.8 Å². The highest BCUT2D eigenvalue weighted by Crippen LogP contribution is 2.37. The van der Waals surface area contributed by atoms with Gasteiger partial charge in [-0.15, -0.1) is 0 Å². The Hall–Kier alpha value is -1.09. The second kappa shape index (κ2) is 5.49. The lowest BCUT2D eigenvalue weighted by atomic mass is 9.78. The Balaban J connectivity index is 1.89. The molecule has 0 radical (unpaired) electrons. The quantitative estimate of drug-likeness (QED) is 0.887. The molecule has 2 fully saturated rings. The van der Waals surface area contributed by atoms with E-state index in [-0.39, 0.29) is 0 Å². The van der Waals surface area contributed by atoms with Crippen molar-refractivity contribution in [2.45, 2.75) is 58.0 Å². The smallest absolute Gasteiger partial charge is 0.129 e. The second-order valence-electron chi connectivity index (χ2n) is 6.13. The molecule has 0 aromatic carbocycles. The molecule has 19 heavy (non-hydrogen) atoms. The average molecular weight is 259 g/mol. The molecule has 1 aliphatic carbocycles. The van der Waals surface area contributed by atoms with Gasteiger partial charge in [-0.2, -0.15) is 0 Å². The van der Waals surface area contributed by atoms with Crippen molar-refractivity contribution in [3.63, 3.8) is 0 Å². The lowest BCUT2D eigenvalue weighted by Gasteiger charge is -2.45. The van der Waals surface area contributed by atoms with Crippen LogP contribution in [0.1, 0.15) is 49.8 Å². The minimum Gasteiger partial charge on any atom is -0.353 e. The van der Waals surface area contributed by atoms with Crippen LogP contribution in [0.2, 0.25) is 0 Å². The number of hydrogen-bond donors (Lipinski definition) is 1. The van der Waals surface area contributed by atoms with E-state index in [0.717, 1.165) is 23.5 Å². The van der Waals surface area contributed by atoms with Crippen molar-refractivity contribution in [1.82, 2.24) is 4.98 Å². The molecule has 1 aliphatic heterocycles. The van der Waals surface area contributed by atoms with E-state index >= 15 is 0 Å². The van der Waals surface area contributed by atoms with Crippen LogP contribution >= 0.6 is 0 Å². The number of aryl methyl sites for hydroxylation is 1. The SMILES string of the molecule is Cc1cc(CN)cc(N2CCC[C@H]3CCCC[C@H]32)n1. The van der Waals surface area contributed by atoms with Crippen LogP contribution in [0.15, 0.2) is 12.1 Å². The average Bonchev–Trinajstić information content (AvgIpc) is 2.46. The Morgan fingerprint density at radius 2 is 2.00 bits per heavy atom. The molecular weight excluding hydrogens is 234 g/mol. The predicted molar refractivity (Wildman–Crippen MR) is 79.2 cm³/mol. The first kappa shape index (κ1) is 12.9. The van der Waals surface area contributed by atoms with E-state index in [9.17, 15) is 0 Å². The monoisotopic (exact) mass is 259 g/mol. The summed E-state index contributed by atoms with van der Waals surface area (Å²) in [5, 5.41) is 0. The zero-order valence-electron chi connectivity index (χ0n) is 11.9. The molecule has 3 rings (SSSR count). The fourth-order valence-electron chi connectivity index (χ4n) is 3.90. The molecule has 2 atom stereocenters. The van der Waals surface area contributed by atoms with Crippen LogP contribution in [-0.2, 0) is 6.54 Å². The van der Waals surface area contributed by atoms with Gasteiger partial charge in [0.05, 0.1) is 0 Å². The molecule has 0 amide bonds. The van der Waals surface area contributed by atoms with Crippen LogP contribution in [0.5, 0.6) is 0 Å². The van der Waals surface area contributed by atoms with Gasteiger partial charge in [-0.25, -0.2) is 4.98 Å². The zero-order valence-corrected chi connectivity index (χ0v) is 11.9. The standard InChI is InChI=1S/C16H25N3/c1-12-9-13(11-17)10-16(18-12)19-8-4-6-14-5-2-3-7-15(14)19/h9-10,14-15H,2-8,11,17H2,1H3/t14-,15-/m1/s1. The minimum atomic E-state index is 0.609. The van der Waals surface area contributed by atoms with Gasteiger partial charge in [0.25, 0.3) is 0 Å². The third-order valence-electron chi connectivity index (χ3n) is 4.77. The summed E-state index contributed by atoms with van der Waals surface area (Å²) in [7, 11) is 0. The summed E-state index contributed by atoms with van der Waals surface area (Å²) in [6.07, 6.45) is 8.29. The first-order valence-corrected chi connectivity index (χ1v) is 7.72. The van der Waals surface area contributed by atoms with Crippen molar-refractivity contribution in [2.24, 2.45) is 11.7 Å². The molecule has 1 saturated heterocycles. The summed E-state index contributed by atoms with van der Waals surface area (Å²) in [6.45, 7) is 3.85. The lowest BCUT2D eigenvalue weighted by molar-refractivity contribution is 0.242. The third kappa shape index (κ3) is 2.62.